The number of phenolic OH excluding ortho intramolecular Hbond substituents is 1. The highest BCUT2D eigenvalue weighted by molar-refractivity contribution is 9.10. The van der Waals surface area contributed by atoms with Crippen LogP contribution < -0.4 is 0 Å². The lowest BCUT2D eigenvalue weighted by Crippen LogP contribution is -2.06. The summed E-state index contributed by atoms with van der Waals surface area (Å²) in [6, 6.07) is 2.85. The van der Waals surface area contributed by atoms with Gasteiger partial charge in [0.2, 0.25) is 0 Å². The summed E-state index contributed by atoms with van der Waals surface area (Å²) >= 11 is 2.91. The van der Waals surface area contributed by atoms with Crippen LogP contribution in [0.3, 0.4) is 0 Å². The average molecular weight is 249 g/mol. The first-order valence-corrected chi connectivity index (χ1v) is 4.65. The van der Waals surface area contributed by atoms with E-state index in [-0.39, 0.29) is 16.6 Å². The van der Waals surface area contributed by atoms with Gasteiger partial charge in [0.25, 0.3) is 0 Å². The molecule has 13 heavy (non-hydrogen) atoms. The number of rotatable bonds is 2. The Morgan fingerprint density at radius 1 is 1.54 bits per heavy atom. The van der Waals surface area contributed by atoms with E-state index in [0.717, 1.165) is 0 Å². The van der Waals surface area contributed by atoms with Gasteiger partial charge in [-0.15, -0.1) is 0 Å². The number of hydrogen-bond acceptors (Lipinski definition) is 2. The minimum absolute atomic E-state index is 0.0469. The Morgan fingerprint density at radius 2 is 2.15 bits per heavy atom. The topological polar surface area (TPSA) is 40.5 Å². The normalized spacial score (nSPS) is 12.9. The number of benzene rings is 1. The van der Waals surface area contributed by atoms with Gasteiger partial charge in [0.1, 0.15) is 11.6 Å². The molecule has 0 radical (unpaired) electrons. The lowest BCUT2D eigenvalue weighted by atomic mass is 10.1. The molecule has 0 saturated carbocycles. The van der Waals surface area contributed by atoms with E-state index < -0.39 is 11.9 Å². The third kappa shape index (κ3) is 2.42. The Morgan fingerprint density at radius 3 is 2.69 bits per heavy atom. The molecule has 0 amide bonds. The van der Waals surface area contributed by atoms with Crippen LogP contribution in [0.15, 0.2) is 16.6 Å². The van der Waals surface area contributed by atoms with E-state index in [9.17, 15) is 4.39 Å². The smallest absolute Gasteiger partial charge is 0.144 e. The van der Waals surface area contributed by atoms with Crippen molar-refractivity contribution in [3.05, 3.63) is 28.0 Å². The van der Waals surface area contributed by atoms with Gasteiger partial charge in [0, 0.05) is 6.42 Å². The zero-order valence-corrected chi connectivity index (χ0v) is 8.68. The van der Waals surface area contributed by atoms with E-state index in [1.165, 1.54) is 12.1 Å². The molecule has 72 valence electrons. The fourth-order valence-electron chi connectivity index (χ4n) is 1.06. The van der Waals surface area contributed by atoms with Gasteiger partial charge in [-0.3, -0.25) is 0 Å². The van der Waals surface area contributed by atoms with Crippen LogP contribution in [-0.2, 0) is 6.42 Å². The SMILES string of the molecule is CC(O)Cc1ccc(O)c(Br)c1F. The molecule has 2 N–H and O–H groups in total. The molecular weight excluding hydrogens is 239 g/mol. The van der Waals surface area contributed by atoms with E-state index in [0.29, 0.717) is 5.56 Å². The molecule has 0 aliphatic rings. The first-order chi connectivity index (χ1) is 6.02. The zero-order chi connectivity index (χ0) is 10.0. The highest BCUT2D eigenvalue weighted by atomic mass is 79.9. The van der Waals surface area contributed by atoms with Crippen molar-refractivity contribution < 1.29 is 14.6 Å². The van der Waals surface area contributed by atoms with Crippen molar-refractivity contribution in [1.82, 2.24) is 0 Å². The van der Waals surface area contributed by atoms with E-state index >= 15 is 0 Å². The molecule has 1 unspecified atom stereocenters. The van der Waals surface area contributed by atoms with Gasteiger partial charge < -0.3 is 10.2 Å². The number of aliphatic hydroxyl groups is 1. The molecule has 0 heterocycles. The van der Waals surface area contributed by atoms with Gasteiger partial charge in [-0.25, -0.2) is 4.39 Å². The lowest BCUT2D eigenvalue weighted by Gasteiger charge is -2.07. The van der Waals surface area contributed by atoms with Crippen molar-refractivity contribution in [3.8, 4) is 5.75 Å². The van der Waals surface area contributed by atoms with Crippen LogP contribution in [0.25, 0.3) is 0 Å². The second-order valence-corrected chi connectivity index (χ2v) is 3.72. The Balaban J connectivity index is 3.04. The minimum Gasteiger partial charge on any atom is -0.507 e. The molecule has 0 aliphatic carbocycles. The third-order valence-corrected chi connectivity index (χ3v) is 2.41. The molecule has 0 saturated heterocycles. The summed E-state index contributed by atoms with van der Waals surface area (Å²) in [7, 11) is 0. The van der Waals surface area contributed by atoms with Gasteiger partial charge in [-0.2, -0.15) is 0 Å². The first-order valence-electron chi connectivity index (χ1n) is 3.86. The highest BCUT2D eigenvalue weighted by Gasteiger charge is 2.11. The molecule has 0 aromatic heterocycles. The van der Waals surface area contributed by atoms with Crippen molar-refractivity contribution >= 4 is 15.9 Å². The number of phenols is 1. The van der Waals surface area contributed by atoms with Crippen LogP contribution >= 0.6 is 15.9 Å². The first kappa shape index (κ1) is 10.5. The Kier molecular flexibility index (Phi) is 3.27. The summed E-state index contributed by atoms with van der Waals surface area (Å²) in [6.07, 6.45) is -0.351. The quantitative estimate of drug-likeness (QED) is 0.843. The van der Waals surface area contributed by atoms with Crippen molar-refractivity contribution in [3.63, 3.8) is 0 Å². The molecule has 0 aliphatic heterocycles. The van der Waals surface area contributed by atoms with Gasteiger partial charge in [-0.1, -0.05) is 6.07 Å². The van der Waals surface area contributed by atoms with E-state index in [1.54, 1.807) is 6.92 Å². The predicted octanol–water partition coefficient (Wildman–Crippen LogP) is 2.22. The maximum atomic E-state index is 13.3. The molecule has 1 atom stereocenters. The standard InChI is InChI=1S/C9H10BrFO2/c1-5(12)4-6-2-3-7(13)8(10)9(6)11/h2-3,5,12-13H,4H2,1H3. The number of aromatic hydroxyl groups is 1. The molecule has 0 fully saturated rings. The van der Waals surface area contributed by atoms with Crippen LogP contribution in [-0.4, -0.2) is 16.3 Å². The predicted molar refractivity (Wildman–Crippen MR) is 51.1 cm³/mol. The van der Waals surface area contributed by atoms with Gasteiger partial charge >= 0.3 is 0 Å². The van der Waals surface area contributed by atoms with Gasteiger partial charge in [-0.05, 0) is 34.5 Å². The number of halogens is 2. The van der Waals surface area contributed by atoms with Crippen LogP contribution in [0, 0.1) is 5.82 Å². The van der Waals surface area contributed by atoms with Crippen LogP contribution in [0.4, 0.5) is 4.39 Å². The maximum Gasteiger partial charge on any atom is 0.144 e. The van der Waals surface area contributed by atoms with Crippen molar-refractivity contribution in [2.75, 3.05) is 0 Å². The summed E-state index contributed by atoms with van der Waals surface area (Å²) in [5, 5.41) is 18.2. The molecule has 1 aromatic rings. The monoisotopic (exact) mass is 248 g/mol. The van der Waals surface area contributed by atoms with Gasteiger partial charge in [0.15, 0.2) is 0 Å². The van der Waals surface area contributed by atoms with Gasteiger partial charge in [0.05, 0.1) is 10.6 Å². The second-order valence-electron chi connectivity index (χ2n) is 2.92. The second kappa shape index (κ2) is 4.07. The van der Waals surface area contributed by atoms with Crippen molar-refractivity contribution in [2.45, 2.75) is 19.4 Å². The molecular formula is C9H10BrFO2. The summed E-state index contributed by atoms with van der Waals surface area (Å²) in [6.45, 7) is 1.58. The van der Waals surface area contributed by atoms with E-state index in [1.807, 2.05) is 0 Å². The summed E-state index contributed by atoms with van der Waals surface area (Å²) in [5.74, 6) is -0.646. The Hall–Kier alpha value is -0.610. The molecule has 1 rings (SSSR count). The van der Waals surface area contributed by atoms with Crippen LogP contribution in [0.2, 0.25) is 0 Å². The molecule has 4 heteroatoms. The third-order valence-electron chi connectivity index (χ3n) is 1.66. The summed E-state index contributed by atoms with van der Waals surface area (Å²) in [4.78, 5) is 0. The number of hydrogen-bond donors (Lipinski definition) is 2. The largest absolute Gasteiger partial charge is 0.507 e. The Bertz CT molecular complexity index is 313. The zero-order valence-electron chi connectivity index (χ0n) is 7.09. The lowest BCUT2D eigenvalue weighted by molar-refractivity contribution is 0.194. The van der Waals surface area contributed by atoms with Crippen molar-refractivity contribution in [2.24, 2.45) is 0 Å². The maximum absolute atomic E-state index is 13.3. The number of aliphatic hydroxyl groups excluding tert-OH is 1. The molecule has 2 nitrogen and oxygen atoms in total. The summed E-state index contributed by atoms with van der Waals surface area (Å²) in [5.41, 5.74) is 0.389. The van der Waals surface area contributed by atoms with Crippen molar-refractivity contribution in [1.29, 1.82) is 0 Å². The fourth-order valence-corrected chi connectivity index (χ4v) is 1.44. The Labute approximate surface area is 84.1 Å². The summed E-state index contributed by atoms with van der Waals surface area (Å²) < 4.78 is 13.4. The van der Waals surface area contributed by atoms with Crippen LogP contribution in [0.1, 0.15) is 12.5 Å². The van der Waals surface area contributed by atoms with E-state index in [2.05, 4.69) is 15.9 Å². The minimum atomic E-state index is -0.592. The highest BCUT2D eigenvalue weighted by Crippen LogP contribution is 2.29. The molecule has 0 spiro atoms. The molecule has 0 bridgehead atoms. The fraction of sp³-hybridized carbons (Fsp3) is 0.333. The average Bonchev–Trinajstić information content (AvgIpc) is 2.06. The van der Waals surface area contributed by atoms with Crippen LogP contribution in [0.5, 0.6) is 5.75 Å². The van der Waals surface area contributed by atoms with E-state index in [4.69, 9.17) is 10.2 Å². The molecule has 1 aromatic carbocycles.